The van der Waals surface area contributed by atoms with Crippen molar-refractivity contribution >= 4 is 68.1 Å². The highest BCUT2D eigenvalue weighted by molar-refractivity contribution is 9.10. The zero-order chi connectivity index (χ0) is 17.4. The highest BCUT2D eigenvalue weighted by Gasteiger charge is 1.94. The summed E-state index contributed by atoms with van der Waals surface area (Å²) in [5.74, 6) is -0.0841. The molecule has 0 radical (unpaired) electrons. The van der Waals surface area contributed by atoms with Gasteiger partial charge < -0.3 is 11.5 Å². The van der Waals surface area contributed by atoms with Gasteiger partial charge in [0.1, 0.15) is 0 Å². The standard InChI is InChI=1S/C18H16Br2N4.ClH/c19-15-5-1-3-13(11-15)7-9-17(23-24-18(21)22)10-8-14-4-2-6-16(20)12-14;/h1-12H,(H4,21,22,24);1H/b9-7+,10-8+;. The molecule has 130 valence electrons. The predicted molar refractivity (Wildman–Crippen MR) is 117 cm³/mol. The monoisotopic (exact) mass is 482 g/mol. The molecule has 0 aliphatic heterocycles. The van der Waals surface area contributed by atoms with Gasteiger partial charge in [0.05, 0.1) is 5.71 Å². The van der Waals surface area contributed by atoms with E-state index in [9.17, 15) is 0 Å². The summed E-state index contributed by atoms with van der Waals surface area (Å²) in [5.41, 5.74) is 13.4. The Morgan fingerprint density at radius 2 is 1.28 bits per heavy atom. The topological polar surface area (TPSA) is 76.8 Å². The van der Waals surface area contributed by atoms with Gasteiger partial charge in [-0.15, -0.1) is 22.6 Å². The summed E-state index contributed by atoms with van der Waals surface area (Å²) in [6.07, 6.45) is 7.58. The SMILES string of the molecule is Cl.NC(N)=NN=C(/C=C/c1cccc(Br)c1)/C=C/c1cccc(Br)c1. The molecule has 4 nitrogen and oxygen atoms in total. The fraction of sp³-hybridized carbons (Fsp3) is 0. The minimum Gasteiger partial charge on any atom is -0.369 e. The Bertz CT molecular complexity index is 768. The molecule has 25 heavy (non-hydrogen) atoms. The molecule has 4 N–H and O–H groups in total. The third-order valence-corrected chi connectivity index (χ3v) is 3.86. The van der Waals surface area contributed by atoms with Crippen molar-refractivity contribution in [2.24, 2.45) is 21.7 Å². The van der Waals surface area contributed by atoms with Gasteiger partial charge in [0.2, 0.25) is 5.96 Å². The molecule has 0 saturated heterocycles. The number of allylic oxidation sites excluding steroid dienone is 2. The summed E-state index contributed by atoms with van der Waals surface area (Å²) in [4.78, 5) is 0. The van der Waals surface area contributed by atoms with Crippen LogP contribution in [-0.4, -0.2) is 11.7 Å². The lowest BCUT2D eigenvalue weighted by molar-refractivity contribution is 1.21. The number of halogens is 3. The number of nitrogens with zero attached hydrogens (tertiary/aromatic N) is 2. The van der Waals surface area contributed by atoms with E-state index in [-0.39, 0.29) is 18.4 Å². The first-order chi connectivity index (χ1) is 11.5. The van der Waals surface area contributed by atoms with Crippen molar-refractivity contribution in [3.8, 4) is 0 Å². The molecular formula is C18H17Br2ClN4. The first-order valence-corrected chi connectivity index (χ1v) is 8.65. The van der Waals surface area contributed by atoms with Crippen LogP contribution in [0.1, 0.15) is 11.1 Å². The lowest BCUT2D eigenvalue weighted by Crippen LogP contribution is -2.22. The van der Waals surface area contributed by atoms with Gasteiger partial charge in [0, 0.05) is 8.95 Å². The van der Waals surface area contributed by atoms with E-state index >= 15 is 0 Å². The van der Waals surface area contributed by atoms with E-state index in [1.165, 1.54) is 0 Å². The van der Waals surface area contributed by atoms with E-state index in [2.05, 4.69) is 42.1 Å². The summed E-state index contributed by atoms with van der Waals surface area (Å²) in [6.45, 7) is 0. The lowest BCUT2D eigenvalue weighted by Gasteiger charge is -1.97. The van der Waals surface area contributed by atoms with Gasteiger partial charge in [-0.3, -0.25) is 0 Å². The first kappa shape index (κ1) is 21.2. The second kappa shape index (κ2) is 10.9. The summed E-state index contributed by atoms with van der Waals surface area (Å²) in [6, 6.07) is 15.9. The van der Waals surface area contributed by atoms with Crippen LogP contribution in [0.5, 0.6) is 0 Å². The molecule has 0 spiro atoms. The van der Waals surface area contributed by atoms with Crippen LogP contribution in [0.25, 0.3) is 12.2 Å². The van der Waals surface area contributed by atoms with E-state index in [4.69, 9.17) is 11.5 Å². The normalized spacial score (nSPS) is 10.5. The maximum atomic E-state index is 5.36. The van der Waals surface area contributed by atoms with Gasteiger partial charge in [-0.25, -0.2) is 0 Å². The second-order valence-corrected chi connectivity index (χ2v) is 6.66. The lowest BCUT2D eigenvalue weighted by atomic mass is 10.1. The number of rotatable bonds is 5. The summed E-state index contributed by atoms with van der Waals surface area (Å²) < 4.78 is 2.02. The minimum atomic E-state index is -0.0841. The maximum absolute atomic E-state index is 5.36. The molecule has 0 atom stereocenters. The average molecular weight is 485 g/mol. The van der Waals surface area contributed by atoms with Crippen molar-refractivity contribution in [1.29, 1.82) is 0 Å². The van der Waals surface area contributed by atoms with Crippen LogP contribution < -0.4 is 11.5 Å². The molecule has 0 bridgehead atoms. The highest BCUT2D eigenvalue weighted by atomic mass is 79.9. The van der Waals surface area contributed by atoms with Crippen molar-refractivity contribution < 1.29 is 0 Å². The molecule has 0 saturated carbocycles. The van der Waals surface area contributed by atoms with Crippen molar-refractivity contribution in [1.82, 2.24) is 0 Å². The summed E-state index contributed by atoms with van der Waals surface area (Å²) in [7, 11) is 0. The van der Waals surface area contributed by atoms with E-state index in [0.29, 0.717) is 5.71 Å². The highest BCUT2D eigenvalue weighted by Crippen LogP contribution is 2.14. The minimum absolute atomic E-state index is 0. The fourth-order valence-corrected chi connectivity index (χ4v) is 2.66. The van der Waals surface area contributed by atoms with Gasteiger partial charge in [-0.2, -0.15) is 0 Å². The Morgan fingerprint density at radius 3 is 1.68 bits per heavy atom. The van der Waals surface area contributed by atoms with Crippen LogP contribution in [0, 0.1) is 0 Å². The van der Waals surface area contributed by atoms with E-state index in [1.807, 2.05) is 72.8 Å². The zero-order valence-electron chi connectivity index (χ0n) is 13.1. The number of hydrogen-bond acceptors (Lipinski definition) is 2. The zero-order valence-corrected chi connectivity index (χ0v) is 17.1. The van der Waals surface area contributed by atoms with Crippen molar-refractivity contribution in [3.63, 3.8) is 0 Å². The summed E-state index contributed by atoms with van der Waals surface area (Å²) in [5, 5.41) is 7.78. The predicted octanol–water partition coefficient (Wildman–Crippen LogP) is 4.99. The quantitative estimate of drug-likeness (QED) is 0.356. The molecule has 2 aromatic rings. The van der Waals surface area contributed by atoms with Crippen molar-refractivity contribution in [3.05, 3.63) is 80.8 Å². The van der Waals surface area contributed by atoms with Gasteiger partial charge in [-0.1, -0.05) is 68.3 Å². The van der Waals surface area contributed by atoms with Crippen LogP contribution in [0.15, 0.2) is 79.8 Å². The van der Waals surface area contributed by atoms with E-state index in [0.717, 1.165) is 20.1 Å². The molecule has 0 fully saturated rings. The largest absolute Gasteiger partial charge is 0.369 e. The molecule has 0 heterocycles. The Kier molecular flexibility index (Phi) is 9.20. The Morgan fingerprint density at radius 1 is 0.800 bits per heavy atom. The average Bonchev–Trinajstić information content (AvgIpc) is 2.54. The van der Waals surface area contributed by atoms with Crippen molar-refractivity contribution in [2.75, 3.05) is 0 Å². The van der Waals surface area contributed by atoms with Gasteiger partial charge >= 0.3 is 0 Å². The smallest absolute Gasteiger partial charge is 0.211 e. The molecule has 7 heteroatoms. The van der Waals surface area contributed by atoms with Crippen LogP contribution in [0.2, 0.25) is 0 Å². The van der Waals surface area contributed by atoms with Crippen LogP contribution in [-0.2, 0) is 0 Å². The molecule has 0 aliphatic carbocycles. The molecule has 0 amide bonds. The molecular weight excluding hydrogens is 467 g/mol. The number of guanidine groups is 1. The maximum Gasteiger partial charge on any atom is 0.211 e. The first-order valence-electron chi connectivity index (χ1n) is 7.07. The molecule has 0 aromatic heterocycles. The third-order valence-electron chi connectivity index (χ3n) is 2.87. The molecule has 0 aliphatic rings. The molecule has 2 rings (SSSR count). The Hall–Kier alpha value is -1.89. The molecule has 0 unspecified atom stereocenters. The number of nitrogens with two attached hydrogens (primary N) is 2. The van der Waals surface area contributed by atoms with Gasteiger partial charge in [-0.05, 0) is 47.5 Å². The third kappa shape index (κ3) is 8.16. The Balaban J connectivity index is 0.00000312. The van der Waals surface area contributed by atoms with Crippen molar-refractivity contribution in [2.45, 2.75) is 0 Å². The van der Waals surface area contributed by atoms with Gasteiger partial charge in [0.15, 0.2) is 0 Å². The van der Waals surface area contributed by atoms with Crippen LogP contribution >= 0.6 is 44.3 Å². The van der Waals surface area contributed by atoms with Gasteiger partial charge in [0.25, 0.3) is 0 Å². The van der Waals surface area contributed by atoms with Crippen LogP contribution in [0.3, 0.4) is 0 Å². The second-order valence-electron chi connectivity index (χ2n) is 4.83. The molecule has 2 aromatic carbocycles. The number of hydrogen-bond donors (Lipinski definition) is 2. The summed E-state index contributed by atoms with van der Waals surface area (Å²) >= 11 is 6.90. The van der Waals surface area contributed by atoms with Crippen LogP contribution in [0.4, 0.5) is 0 Å². The Labute approximate surface area is 170 Å². The van der Waals surface area contributed by atoms with E-state index < -0.39 is 0 Å². The van der Waals surface area contributed by atoms with E-state index in [1.54, 1.807) is 0 Å². The fourth-order valence-electron chi connectivity index (χ4n) is 1.82. The number of benzene rings is 2.